The Kier molecular flexibility index (Phi) is 5.78. The van der Waals surface area contributed by atoms with Crippen molar-refractivity contribution in [1.82, 2.24) is 5.32 Å². The van der Waals surface area contributed by atoms with Crippen molar-refractivity contribution in [1.29, 1.82) is 0 Å². The standard InChI is InChI=1S/C12H17NOS/c1-2-3-9-13-12(15)14-10-11-7-5-4-6-8-11/h4-8H,2-3,9-10H2,1H3,(H,13,15). The molecule has 0 saturated carbocycles. The van der Waals surface area contributed by atoms with Crippen molar-refractivity contribution in [3.05, 3.63) is 35.9 Å². The number of ether oxygens (including phenoxy) is 1. The van der Waals surface area contributed by atoms with Crippen LogP contribution in [0.4, 0.5) is 0 Å². The van der Waals surface area contributed by atoms with Crippen molar-refractivity contribution < 1.29 is 4.74 Å². The summed E-state index contributed by atoms with van der Waals surface area (Å²) < 4.78 is 5.39. The first-order valence-corrected chi connectivity index (χ1v) is 5.68. The summed E-state index contributed by atoms with van der Waals surface area (Å²) in [7, 11) is 0. The van der Waals surface area contributed by atoms with Gasteiger partial charge in [-0.3, -0.25) is 0 Å². The zero-order valence-corrected chi connectivity index (χ0v) is 9.85. The van der Waals surface area contributed by atoms with Gasteiger partial charge in [-0.15, -0.1) is 0 Å². The first-order valence-electron chi connectivity index (χ1n) is 5.27. The molecule has 0 aromatic heterocycles. The van der Waals surface area contributed by atoms with Crippen molar-refractivity contribution in [3.63, 3.8) is 0 Å². The molecule has 82 valence electrons. The lowest BCUT2D eigenvalue weighted by atomic mass is 10.2. The quantitative estimate of drug-likeness (QED) is 0.612. The highest BCUT2D eigenvalue weighted by atomic mass is 32.1. The van der Waals surface area contributed by atoms with Crippen LogP contribution in [0.3, 0.4) is 0 Å². The fourth-order valence-corrected chi connectivity index (χ4v) is 1.30. The van der Waals surface area contributed by atoms with Gasteiger partial charge in [0.25, 0.3) is 5.17 Å². The Bertz CT molecular complexity index is 287. The molecule has 1 rings (SSSR count). The highest BCUT2D eigenvalue weighted by Crippen LogP contribution is 2.00. The molecule has 1 N–H and O–H groups in total. The Morgan fingerprint density at radius 3 is 2.73 bits per heavy atom. The molecule has 2 nitrogen and oxygen atoms in total. The SMILES string of the molecule is CCCCNC(=S)OCc1ccccc1. The zero-order valence-electron chi connectivity index (χ0n) is 9.03. The van der Waals surface area contributed by atoms with Gasteiger partial charge in [0.2, 0.25) is 0 Å². The summed E-state index contributed by atoms with van der Waals surface area (Å²) in [6, 6.07) is 10.0. The Morgan fingerprint density at radius 2 is 2.07 bits per heavy atom. The number of nitrogens with one attached hydrogen (secondary N) is 1. The van der Waals surface area contributed by atoms with E-state index in [0.29, 0.717) is 11.8 Å². The molecule has 0 fully saturated rings. The molecule has 0 radical (unpaired) electrons. The Hall–Kier alpha value is -1.09. The molecule has 0 spiro atoms. The second-order valence-electron chi connectivity index (χ2n) is 3.34. The molecule has 1 aromatic carbocycles. The maximum absolute atomic E-state index is 5.39. The summed E-state index contributed by atoms with van der Waals surface area (Å²) in [5, 5.41) is 3.56. The number of thiocarbonyl (C=S) groups is 1. The van der Waals surface area contributed by atoms with E-state index in [1.165, 1.54) is 0 Å². The monoisotopic (exact) mass is 223 g/mol. The van der Waals surface area contributed by atoms with Crippen molar-refractivity contribution in [2.75, 3.05) is 6.54 Å². The van der Waals surface area contributed by atoms with E-state index in [0.717, 1.165) is 24.9 Å². The zero-order chi connectivity index (χ0) is 10.9. The lowest BCUT2D eigenvalue weighted by molar-refractivity contribution is 0.286. The van der Waals surface area contributed by atoms with Gasteiger partial charge < -0.3 is 10.1 Å². The number of hydrogen-bond acceptors (Lipinski definition) is 2. The van der Waals surface area contributed by atoms with Gasteiger partial charge in [-0.1, -0.05) is 43.7 Å². The van der Waals surface area contributed by atoms with Crippen LogP contribution in [0.25, 0.3) is 0 Å². The molecule has 0 heterocycles. The van der Waals surface area contributed by atoms with Crippen LogP contribution in [0.5, 0.6) is 0 Å². The van der Waals surface area contributed by atoms with E-state index in [-0.39, 0.29) is 0 Å². The highest BCUT2D eigenvalue weighted by Gasteiger charge is 1.96. The molecule has 0 amide bonds. The summed E-state index contributed by atoms with van der Waals surface area (Å²) in [6.07, 6.45) is 2.28. The summed E-state index contributed by atoms with van der Waals surface area (Å²) in [6.45, 7) is 3.58. The van der Waals surface area contributed by atoms with Crippen molar-refractivity contribution >= 4 is 17.4 Å². The predicted molar refractivity (Wildman–Crippen MR) is 66.7 cm³/mol. The third-order valence-corrected chi connectivity index (χ3v) is 2.27. The highest BCUT2D eigenvalue weighted by molar-refractivity contribution is 7.80. The minimum absolute atomic E-state index is 0.493. The van der Waals surface area contributed by atoms with Crippen molar-refractivity contribution in [2.45, 2.75) is 26.4 Å². The topological polar surface area (TPSA) is 21.3 Å². The molecule has 0 aliphatic carbocycles. The smallest absolute Gasteiger partial charge is 0.256 e. The second kappa shape index (κ2) is 7.23. The fraction of sp³-hybridized carbons (Fsp3) is 0.417. The first-order chi connectivity index (χ1) is 7.33. The van der Waals surface area contributed by atoms with E-state index in [2.05, 4.69) is 12.2 Å². The molecule has 15 heavy (non-hydrogen) atoms. The van der Waals surface area contributed by atoms with Crippen LogP contribution in [0.2, 0.25) is 0 Å². The van der Waals surface area contributed by atoms with E-state index in [1.54, 1.807) is 0 Å². The Labute approximate surface area is 96.6 Å². The number of benzene rings is 1. The first kappa shape index (κ1) is 12.0. The third kappa shape index (κ3) is 5.37. The van der Waals surface area contributed by atoms with E-state index in [1.807, 2.05) is 30.3 Å². The van der Waals surface area contributed by atoms with Crippen LogP contribution in [-0.4, -0.2) is 11.7 Å². The van der Waals surface area contributed by atoms with Crippen LogP contribution in [0, 0.1) is 0 Å². The molecular weight excluding hydrogens is 206 g/mol. The number of unbranched alkanes of at least 4 members (excludes halogenated alkanes) is 1. The molecule has 1 aromatic rings. The predicted octanol–water partition coefficient (Wildman–Crippen LogP) is 2.88. The van der Waals surface area contributed by atoms with E-state index < -0.39 is 0 Å². The summed E-state index contributed by atoms with van der Waals surface area (Å²) >= 11 is 5.03. The van der Waals surface area contributed by atoms with Gasteiger partial charge in [-0.2, -0.15) is 0 Å². The molecule has 0 saturated heterocycles. The molecular formula is C12H17NOS. The third-order valence-electron chi connectivity index (χ3n) is 2.01. The largest absolute Gasteiger partial charge is 0.466 e. The van der Waals surface area contributed by atoms with Crippen LogP contribution in [0.1, 0.15) is 25.3 Å². The van der Waals surface area contributed by atoms with Crippen LogP contribution >= 0.6 is 12.2 Å². The molecule has 0 aliphatic rings. The van der Waals surface area contributed by atoms with Crippen LogP contribution in [0.15, 0.2) is 30.3 Å². The fourth-order valence-electron chi connectivity index (χ4n) is 1.14. The van der Waals surface area contributed by atoms with Gasteiger partial charge in [0.1, 0.15) is 6.61 Å². The molecule has 0 unspecified atom stereocenters. The van der Waals surface area contributed by atoms with E-state index in [9.17, 15) is 0 Å². The number of rotatable bonds is 5. The van der Waals surface area contributed by atoms with Gasteiger partial charge in [-0.05, 0) is 24.2 Å². The van der Waals surface area contributed by atoms with Gasteiger partial charge in [0, 0.05) is 6.54 Å². The summed E-state index contributed by atoms with van der Waals surface area (Å²) in [5.41, 5.74) is 1.14. The van der Waals surface area contributed by atoms with Gasteiger partial charge in [-0.25, -0.2) is 0 Å². The number of hydrogen-bond donors (Lipinski definition) is 1. The minimum Gasteiger partial charge on any atom is -0.466 e. The van der Waals surface area contributed by atoms with Gasteiger partial charge in [0.05, 0.1) is 0 Å². The average molecular weight is 223 g/mol. The normalized spacial score (nSPS) is 9.67. The lowest BCUT2D eigenvalue weighted by Crippen LogP contribution is -2.24. The average Bonchev–Trinajstić information content (AvgIpc) is 2.28. The van der Waals surface area contributed by atoms with Gasteiger partial charge in [0.15, 0.2) is 0 Å². The Balaban J connectivity index is 2.17. The molecule has 0 aliphatic heterocycles. The maximum atomic E-state index is 5.39. The molecule has 3 heteroatoms. The summed E-state index contributed by atoms with van der Waals surface area (Å²) in [4.78, 5) is 0. The van der Waals surface area contributed by atoms with Gasteiger partial charge >= 0.3 is 0 Å². The maximum Gasteiger partial charge on any atom is 0.256 e. The van der Waals surface area contributed by atoms with E-state index >= 15 is 0 Å². The van der Waals surface area contributed by atoms with Crippen LogP contribution in [-0.2, 0) is 11.3 Å². The van der Waals surface area contributed by atoms with Crippen molar-refractivity contribution in [3.8, 4) is 0 Å². The second-order valence-corrected chi connectivity index (χ2v) is 3.71. The Morgan fingerprint density at radius 1 is 1.33 bits per heavy atom. The van der Waals surface area contributed by atoms with Crippen molar-refractivity contribution in [2.24, 2.45) is 0 Å². The molecule has 0 bridgehead atoms. The lowest BCUT2D eigenvalue weighted by Gasteiger charge is -2.08. The molecule has 0 atom stereocenters. The van der Waals surface area contributed by atoms with Crippen LogP contribution < -0.4 is 5.32 Å². The van der Waals surface area contributed by atoms with E-state index in [4.69, 9.17) is 17.0 Å². The summed E-state index contributed by atoms with van der Waals surface area (Å²) in [5.74, 6) is 0. The minimum atomic E-state index is 0.493.